The highest BCUT2D eigenvalue weighted by Gasteiger charge is 2.55. The molecule has 1 aliphatic heterocycles. The Hall–Kier alpha value is -1.51. The fourth-order valence-electron chi connectivity index (χ4n) is 2.74. The summed E-state index contributed by atoms with van der Waals surface area (Å²) in [6.07, 6.45) is 1.88. The van der Waals surface area contributed by atoms with Gasteiger partial charge in [-0.25, -0.2) is 8.42 Å². The molecule has 114 valence electrons. The lowest BCUT2D eigenvalue weighted by molar-refractivity contribution is -0.385. The Balaban J connectivity index is 1.74. The van der Waals surface area contributed by atoms with Crippen LogP contribution in [0.2, 0.25) is 0 Å². The molecule has 7 nitrogen and oxygen atoms in total. The Labute approximate surface area is 122 Å². The molecule has 1 aromatic carbocycles. The Kier molecular flexibility index (Phi) is 3.27. The third-order valence-electron chi connectivity index (χ3n) is 4.16. The lowest BCUT2D eigenvalue weighted by Gasteiger charge is -2.45. The lowest BCUT2D eigenvalue weighted by Crippen LogP contribution is -2.64. The molecule has 0 spiro atoms. The monoisotopic (exact) mass is 312 g/mol. The van der Waals surface area contributed by atoms with Crippen molar-refractivity contribution in [2.75, 3.05) is 13.1 Å². The molecule has 21 heavy (non-hydrogen) atoms. The van der Waals surface area contributed by atoms with E-state index in [4.69, 9.17) is 0 Å². The van der Waals surface area contributed by atoms with Crippen molar-refractivity contribution in [3.8, 4) is 0 Å². The minimum atomic E-state index is -3.64. The average molecular weight is 312 g/mol. The third kappa shape index (κ3) is 2.66. The van der Waals surface area contributed by atoms with E-state index >= 15 is 0 Å². The molecule has 0 bridgehead atoms. The number of para-hydroxylation sites is 1. The van der Waals surface area contributed by atoms with Crippen LogP contribution in [0.3, 0.4) is 0 Å². The molecule has 2 fully saturated rings. The van der Waals surface area contributed by atoms with Crippen LogP contribution in [-0.4, -0.2) is 41.4 Å². The predicted octanol–water partition coefficient (Wildman–Crippen LogP) is 0.881. The van der Waals surface area contributed by atoms with Gasteiger partial charge in [-0.3, -0.25) is 10.1 Å². The van der Waals surface area contributed by atoms with Gasteiger partial charge in [-0.15, -0.1) is 0 Å². The van der Waals surface area contributed by atoms with Crippen molar-refractivity contribution < 1.29 is 18.4 Å². The van der Waals surface area contributed by atoms with Crippen LogP contribution in [0.4, 0.5) is 5.69 Å². The molecule has 1 heterocycles. The lowest BCUT2D eigenvalue weighted by atomic mass is 9.91. The molecule has 2 aliphatic rings. The first-order valence-electron chi connectivity index (χ1n) is 6.74. The SMILES string of the molecule is O=[N+]([O-])c1ccccc1CS(=O)(=O)N1CC(O)(C2CC2)C1. The van der Waals surface area contributed by atoms with Gasteiger partial charge in [0.15, 0.2) is 0 Å². The highest BCUT2D eigenvalue weighted by atomic mass is 32.2. The molecule has 0 unspecified atom stereocenters. The van der Waals surface area contributed by atoms with Gasteiger partial charge in [0.2, 0.25) is 10.0 Å². The summed E-state index contributed by atoms with van der Waals surface area (Å²) in [5.74, 6) is -0.208. The van der Waals surface area contributed by atoms with Gasteiger partial charge >= 0.3 is 0 Å². The van der Waals surface area contributed by atoms with Gasteiger partial charge in [-0.05, 0) is 18.8 Å². The summed E-state index contributed by atoms with van der Waals surface area (Å²) in [5, 5.41) is 21.1. The molecule has 0 radical (unpaired) electrons. The van der Waals surface area contributed by atoms with Crippen molar-refractivity contribution in [2.24, 2.45) is 5.92 Å². The van der Waals surface area contributed by atoms with Crippen LogP contribution in [-0.2, 0) is 15.8 Å². The molecular formula is C13H16N2O5S. The highest BCUT2D eigenvalue weighted by Crippen LogP contribution is 2.45. The van der Waals surface area contributed by atoms with E-state index in [0.717, 1.165) is 12.8 Å². The van der Waals surface area contributed by atoms with Crippen LogP contribution in [0.5, 0.6) is 0 Å². The Bertz CT molecular complexity index is 678. The maximum absolute atomic E-state index is 12.3. The highest BCUT2D eigenvalue weighted by molar-refractivity contribution is 7.88. The normalized spacial score (nSPS) is 21.8. The van der Waals surface area contributed by atoms with Gasteiger partial charge in [-0.1, -0.05) is 18.2 Å². The molecule has 0 aromatic heterocycles. The number of nitro benzene ring substituents is 1. The first-order chi connectivity index (χ1) is 9.82. The molecule has 1 saturated carbocycles. The standard InChI is InChI=1S/C13H16N2O5S/c16-13(11-5-6-11)8-14(9-13)21(19,20)7-10-3-1-2-4-12(10)15(17)18/h1-4,11,16H,5-9H2. The maximum atomic E-state index is 12.3. The smallest absolute Gasteiger partial charge is 0.273 e. The minimum absolute atomic E-state index is 0.0978. The molecule has 0 amide bonds. The van der Waals surface area contributed by atoms with Crippen molar-refractivity contribution in [3.05, 3.63) is 39.9 Å². The van der Waals surface area contributed by atoms with Crippen molar-refractivity contribution in [1.29, 1.82) is 0 Å². The number of hydrogen-bond acceptors (Lipinski definition) is 5. The summed E-state index contributed by atoms with van der Waals surface area (Å²) in [6.45, 7) is 0.196. The Morgan fingerprint density at radius 2 is 1.95 bits per heavy atom. The van der Waals surface area contributed by atoms with Gasteiger partial charge in [-0.2, -0.15) is 4.31 Å². The fourth-order valence-corrected chi connectivity index (χ4v) is 4.40. The van der Waals surface area contributed by atoms with E-state index in [1.807, 2.05) is 0 Å². The third-order valence-corrected chi connectivity index (χ3v) is 5.88. The van der Waals surface area contributed by atoms with E-state index in [1.54, 1.807) is 6.07 Å². The van der Waals surface area contributed by atoms with Gasteiger partial charge in [0, 0.05) is 24.7 Å². The Morgan fingerprint density at radius 3 is 2.52 bits per heavy atom. The molecule has 1 aliphatic carbocycles. The molecule has 1 aromatic rings. The summed E-state index contributed by atoms with van der Waals surface area (Å²) in [7, 11) is -3.64. The topological polar surface area (TPSA) is 101 Å². The quantitative estimate of drug-likeness (QED) is 0.642. The van der Waals surface area contributed by atoms with Crippen LogP contribution in [0, 0.1) is 16.0 Å². The van der Waals surface area contributed by atoms with Gasteiger partial charge in [0.05, 0.1) is 16.3 Å². The van der Waals surface area contributed by atoms with E-state index in [0.29, 0.717) is 0 Å². The number of hydrogen-bond donors (Lipinski definition) is 1. The summed E-state index contributed by atoms with van der Waals surface area (Å²) < 4.78 is 25.8. The van der Waals surface area contributed by atoms with Crippen LogP contribution in [0.15, 0.2) is 24.3 Å². The first-order valence-corrected chi connectivity index (χ1v) is 8.35. The zero-order chi connectivity index (χ0) is 15.3. The molecule has 1 saturated heterocycles. The minimum Gasteiger partial charge on any atom is -0.387 e. The average Bonchev–Trinajstić information content (AvgIpc) is 3.19. The van der Waals surface area contributed by atoms with Gasteiger partial charge in [0.25, 0.3) is 5.69 Å². The second-order valence-corrected chi connectivity index (χ2v) is 7.76. The molecule has 8 heteroatoms. The van der Waals surface area contributed by atoms with Crippen LogP contribution in [0.1, 0.15) is 18.4 Å². The fraction of sp³-hybridized carbons (Fsp3) is 0.538. The Morgan fingerprint density at radius 1 is 1.33 bits per heavy atom. The summed E-state index contributed by atoms with van der Waals surface area (Å²) >= 11 is 0. The summed E-state index contributed by atoms with van der Waals surface area (Å²) in [5.41, 5.74) is -0.918. The van der Waals surface area contributed by atoms with Gasteiger partial charge < -0.3 is 5.11 Å². The van der Waals surface area contributed by atoms with Crippen LogP contribution < -0.4 is 0 Å². The van der Waals surface area contributed by atoms with Gasteiger partial charge in [0.1, 0.15) is 0 Å². The van der Waals surface area contributed by atoms with Crippen LogP contribution >= 0.6 is 0 Å². The van der Waals surface area contributed by atoms with E-state index in [-0.39, 0.29) is 30.3 Å². The predicted molar refractivity (Wildman–Crippen MR) is 75.0 cm³/mol. The zero-order valence-electron chi connectivity index (χ0n) is 11.3. The number of nitro groups is 1. The molecule has 0 atom stereocenters. The molecule has 3 rings (SSSR count). The number of rotatable bonds is 5. The second kappa shape index (κ2) is 4.75. The van der Waals surface area contributed by atoms with E-state index in [1.165, 1.54) is 22.5 Å². The second-order valence-electron chi connectivity index (χ2n) is 5.79. The van der Waals surface area contributed by atoms with Crippen molar-refractivity contribution >= 4 is 15.7 Å². The first kappa shape index (κ1) is 14.4. The number of sulfonamides is 1. The zero-order valence-corrected chi connectivity index (χ0v) is 12.1. The number of nitrogens with zero attached hydrogens (tertiary/aromatic N) is 2. The van der Waals surface area contributed by atoms with Crippen LogP contribution in [0.25, 0.3) is 0 Å². The summed E-state index contributed by atoms with van der Waals surface area (Å²) in [4.78, 5) is 10.3. The molecule has 1 N–H and O–H groups in total. The number of benzene rings is 1. The number of aliphatic hydroxyl groups is 1. The van der Waals surface area contributed by atoms with E-state index in [9.17, 15) is 23.6 Å². The summed E-state index contributed by atoms with van der Waals surface area (Å²) in [6, 6.07) is 5.82. The van der Waals surface area contributed by atoms with E-state index < -0.39 is 26.3 Å². The van der Waals surface area contributed by atoms with Crippen molar-refractivity contribution in [2.45, 2.75) is 24.2 Å². The number of β-amino-alcohol motifs (C(OH)–C–C–N with tert-alkyl or cyclic N) is 1. The van der Waals surface area contributed by atoms with E-state index in [2.05, 4.69) is 0 Å². The van der Waals surface area contributed by atoms with Crippen molar-refractivity contribution in [3.63, 3.8) is 0 Å². The maximum Gasteiger partial charge on any atom is 0.273 e. The largest absolute Gasteiger partial charge is 0.387 e. The van der Waals surface area contributed by atoms with Crippen molar-refractivity contribution in [1.82, 2.24) is 4.31 Å². The molecular weight excluding hydrogens is 296 g/mol.